The van der Waals surface area contributed by atoms with Crippen LogP contribution in [0.1, 0.15) is 26.2 Å². The number of hydrogen-bond acceptors (Lipinski definition) is 3. The first-order valence-electron chi connectivity index (χ1n) is 3.32. The van der Waals surface area contributed by atoms with Crippen LogP contribution in [0.3, 0.4) is 0 Å². The van der Waals surface area contributed by atoms with Crippen LogP contribution in [-0.2, 0) is 14.3 Å². The molecule has 1 fully saturated rings. The topological polar surface area (TPSA) is 43.4 Å². The van der Waals surface area contributed by atoms with Gasteiger partial charge in [-0.2, -0.15) is 0 Å². The van der Waals surface area contributed by atoms with E-state index in [1.165, 1.54) is 6.92 Å². The summed E-state index contributed by atoms with van der Waals surface area (Å²) in [7, 11) is 0. The van der Waals surface area contributed by atoms with Crippen LogP contribution in [-0.4, -0.2) is 17.9 Å². The molecule has 0 aliphatic heterocycles. The molecule has 10 heavy (non-hydrogen) atoms. The molecule has 0 heterocycles. The minimum absolute atomic E-state index is 0.292. The number of hydrogen-bond donors (Lipinski definition) is 0. The summed E-state index contributed by atoms with van der Waals surface area (Å²) in [5.74, 6) is -0.292. The van der Waals surface area contributed by atoms with E-state index in [0.29, 0.717) is 6.42 Å². The zero-order chi connectivity index (χ0) is 7.61. The number of carbonyl (C=O) groups is 2. The van der Waals surface area contributed by atoms with Gasteiger partial charge in [0.1, 0.15) is 11.9 Å². The van der Waals surface area contributed by atoms with Crippen molar-refractivity contribution in [2.75, 3.05) is 0 Å². The molecule has 0 atom stereocenters. The molecule has 0 unspecified atom stereocenters. The maximum absolute atomic E-state index is 10.4. The van der Waals surface area contributed by atoms with Gasteiger partial charge in [0.25, 0.3) is 0 Å². The van der Waals surface area contributed by atoms with E-state index in [0.717, 1.165) is 19.1 Å². The van der Waals surface area contributed by atoms with Gasteiger partial charge in [0.15, 0.2) is 0 Å². The Balaban J connectivity index is 2.37. The van der Waals surface area contributed by atoms with Gasteiger partial charge < -0.3 is 9.53 Å². The normalized spacial score (nSPS) is 19.7. The van der Waals surface area contributed by atoms with E-state index in [1.54, 1.807) is 0 Å². The molecule has 0 aromatic heterocycles. The maximum atomic E-state index is 10.4. The van der Waals surface area contributed by atoms with E-state index in [9.17, 15) is 9.59 Å². The highest BCUT2D eigenvalue weighted by atomic mass is 16.6. The van der Waals surface area contributed by atoms with Crippen molar-refractivity contribution in [2.45, 2.75) is 31.8 Å². The van der Waals surface area contributed by atoms with Crippen LogP contribution >= 0.6 is 0 Å². The van der Waals surface area contributed by atoms with Crippen molar-refractivity contribution in [3.05, 3.63) is 0 Å². The van der Waals surface area contributed by atoms with Crippen LogP contribution in [0, 0.1) is 0 Å². The summed E-state index contributed by atoms with van der Waals surface area (Å²) < 4.78 is 4.92. The van der Waals surface area contributed by atoms with Crippen molar-refractivity contribution in [3.8, 4) is 0 Å². The summed E-state index contributed by atoms with van der Waals surface area (Å²) in [5, 5.41) is 0. The Morgan fingerprint density at radius 3 is 2.60 bits per heavy atom. The summed E-state index contributed by atoms with van der Waals surface area (Å²) in [6.45, 7) is 1.37. The molecule has 0 N–H and O–H groups in total. The number of aldehydes is 1. The van der Waals surface area contributed by atoms with E-state index >= 15 is 0 Å². The molecule has 0 radical (unpaired) electrons. The molecular formula is C7H10O3. The van der Waals surface area contributed by atoms with Crippen LogP contribution in [0.4, 0.5) is 0 Å². The molecular weight excluding hydrogens is 132 g/mol. The Hall–Kier alpha value is -0.860. The van der Waals surface area contributed by atoms with Crippen LogP contribution in [0.15, 0.2) is 0 Å². The lowest BCUT2D eigenvalue weighted by molar-refractivity contribution is -0.149. The van der Waals surface area contributed by atoms with Gasteiger partial charge in [0.2, 0.25) is 0 Å². The molecule has 1 saturated carbocycles. The van der Waals surface area contributed by atoms with Crippen molar-refractivity contribution in [1.82, 2.24) is 0 Å². The number of ether oxygens (including phenoxy) is 1. The fourth-order valence-electron chi connectivity index (χ4n) is 0.944. The molecule has 0 saturated heterocycles. The molecule has 0 spiro atoms. The van der Waals surface area contributed by atoms with Gasteiger partial charge in [-0.05, 0) is 12.8 Å². The predicted molar refractivity (Wildman–Crippen MR) is 34.4 cm³/mol. The minimum Gasteiger partial charge on any atom is -0.459 e. The summed E-state index contributed by atoms with van der Waals surface area (Å²) >= 11 is 0. The van der Waals surface area contributed by atoms with Crippen LogP contribution in [0.25, 0.3) is 0 Å². The summed E-state index contributed by atoms with van der Waals surface area (Å²) in [4.78, 5) is 20.5. The van der Waals surface area contributed by atoms with Crippen LogP contribution < -0.4 is 0 Å². The molecule has 0 aromatic carbocycles. The minimum atomic E-state index is -0.395. The molecule has 1 aliphatic rings. The Morgan fingerprint density at radius 1 is 1.70 bits per heavy atom. The molecule has 3 heteroatoms. The van der Waals surface area contributed by atoms with E-state index in [2.05, 4.69) is 0 Å². The highest BCUT2D eigenvalue weighted by Gasteiger charge is 2.45. The van der Waals surface area contributed by atoms with Crippen molar-refractivity contribution in [1.29, 1.82) is 0 Å². The third kappa shape index (κ3) is 1.56. The van der Waals surface area contributed by atoms with E-state index < -0.39 is 5.60 Å². The largest absolute Gasteiger partial charge is 0.459 e. The highest BCUT2D eigenvalue weighted by molar-refractivity contribution is 5.67. The van der Waals surface area contributed by atoms with E-state index in [4.69, 9.17) is 4.74 Å². The fourth-order valence-corrected chi connectivity index (χ4v) is 0.944. The molecule has 1 rings (SSSR count). The standard InChI is InChI=1S/C7H10O3/c1-6(9)10-7(2-3-7)4-5-8/h5H,2-4H2,1H3. The Labute approximate surface area is 59.4 Å². The first kappa shape index (κ1) is 7.25. The van der Waals surface area contributed by atoms with E-state index in [-0.39, 0.29) is 5.97 Å². The summed E-state index contributed by atoms with van der Waals surface area (Å²) in [5.41, 5.74) is -0.395. The number of esters is 1. The Morgan fingerprint density at radius 2 is 2.30 bits per heavy atom. The SMILES string of the molecule is CC(=O)OC1(CC=O)CC1. The van der Waals surface area contributed by atoms with Gasteiger partial charge in [-0.3, -0.25) is 4.79 Å². The van der Waals surface area contributed by atoms with Gasteiger partial charge in [-0.1, -0.05) is 0 Å². The Kier molecular flexibility index (Phi) is 1.74. The lowest BCUT2D eigenvalue weighted by atomic mass is 10.2. The Bertz CT molecular complexity index is 158. The maximum Gasteiger partial charge on any atom is 0.303 e. The molecule has 1 aliphatic carbocycles. The molecule has 56 valence electrons. The third-order valence-electron chi connectivity index (χ3n) is 1.62. The lowest BCUT2D eigenvalue weighted by Gasteiger charge is -2.10. The van der Waals surface area contributed by atoms with Crippen LogP contribution in [0.5, 0.6) is 0 Å². The summed E-state index contributed by atoms with van der Waals surface area (Å²) in [6, 6.07) is 0. The molecule has 0 amide bonds. The van der Waals surface area contributed by atoms with Crippen molar-refractivity contribution in [2.24, 2.45) is 0 Å². The van der Waals surface area contributed by atoms with Crippen LogP contribution in [0.2, 0.25) is 0 Å². The van der Waals surface area contributed by atoms with Crippen molar-refractivity contribution >= 4 is 12.3 Å². The first-order chi connectivity index (χ1) is 4.68. The van der Waals surface area contributed by atoms with Crippen molar-refractivity contribution < 1.29 is 14.3 Å². The lowest BCUT2D eigenvalue weighted by Crippen LogP contribution is -2.17. The zero-order valence-corrected chi connectivity index (χ0v) is 5.92. The predicted octanol–water partition coefficient (Wildman–Crippen LogP) is 0.671. The van der Waals surface area contributed by atoms with Gasteiger partial charge in [0, 0.05) is 13.3 Å². The monoisotopic (exact) mass is 142 g/mol. The van der Waals surface area contributed by atoms with Gasteiger partial charge in [-0.25, -0.2) is 0 Å². The molecule has 3 nitrogen and oxygen atoms in total. The summed E-state index contributed by atoms with van der Waals surface area (Å²) in [6.07, 6.45) is 2.83. The number of rotatable bonds is 3. The van der Waals surface area contributed by atoms with Crippen molar-refractivity contribution in [3.63, 3.8) is 0 Å². The number of carbonyl (C=O) groups excluding carboxylic acids is 2. The molecule has 0 aromatic rings. The quantitative estimate of drug-likeness (QED) is 0.429. The molecule has 0 bridgehead atoms. The third-order valence-corrected chi connectivity index (χ3v) is 1.62. The van der Waals surface area contributed by atoms with Gasteiger partial charge >= 0.3 is 5.97 Å². The first-order valence-corrected chi connectivity index (χ1v) is 3.32. The van der Waals surface area contributed by atoms with Gasteiger partial charge in [0.05, 0.1) is 0 Å². The zero-order valence-electron chi connectivity index (χ0n) is 5.92. The second-order valence-electron chi connectivity index (χ2n) is 2.65. The average Bonchev–Trinajstić information content (AvgIpc) is 2.47. The fraction of sp³-hybridized carbons (Fsp3) is 0.714. The second kappa shape index (κ2) is 2.40. The van der Waals surface area contributed by atoms with E-state index in [1.807, 2.05) is 0 Å². The highest BCUT2D eigenvalue weighted by Crippen LogP contribution is 2.41. The second-order valence-corrected chi connectivity index (χ2v) is 2.65. The smallest absolute Gasteiger partial charge is 0.303 e. The average molecular weight is 142 g/mol. The van der Waals surface area contributed by atoms with Gasteiger partial charge in [-0.15, -0.1) is 0 Å².